The summed E-state index contributed by atoms with van der Waals surface area (Å²) in [5.74, 6) is 0.803. The van der Waals surface area contributed by atoms with Crippen LogP contribution in [0.4, 0.5) is 0 Å². The van der Waals surface area contributed by atoms with Gasteiger partial charge in [-0.15, -0.1) is 0 Å². The molecule has 0 amide bonds. The van der Waals surface area contributed by atoms with Gasteiger partial charge in [-0.05, 0) is 52.1 Å². The number of hydrogen-bond acceptors (Lipinski definition) is 3. The molecule has 0 aliphatic carbocycles. The monoisotopic (exact) mass is 241 g/mol. The molecule has 0 spiro atoms. The molecule has 3 heteroatoms. The van der Waals surface area contributed by atoms with Crippen molar-refractivity contribution in [3.8, 4) is 0 Å². The third kappa shape index (κ3) is 5.84. The Morgan fingerprint density at radius 2 is 1.65 bits per heavy atom. The van der Waals surface area contributed by atoms with E-state index >= 15 is 0 Å². The molecule has 1 saturated heterocycles. The molecule has 17 heavy (non-hydrogen) atoms. The maximum atomic E-state index is 5.57. The second-order valence-electron chi connectivity index (χ2n) is 5.80. The molecule has 3 nitrogen and oxygen atoms in total. The molecule has 0 radical (unpaired) electrons. The first-order valence-corrected chi connectivity index (χ1v) is 7.30. The molecule has 1 fully saturated rings. The van der Waals surface area contributed by atoms with Crippen LogP contribution in [-0.2, 0) is 0 Å². The average molecular weight is 241 g/mol. The Hall–Kier alpha value is -0.120. The Labute approximate surface area is 107 Å². The van der Waals surface area contributed by atoms with Crippen molar-refractivity contribution >= 4 is 0 Å². The fourth-order valence-corrected chi connectivity index (χ4v) is 2.60. The third-order valence-electron chi connectivity index (χ3n) is 3.97. The van der Waals surface area contributed by atoms with Crippen molar-refractivity contribution in [2.45, 2.75) is 46.1 Å². The molecule has 0 saturated carbocycles. The zero-order valence-corrected chi connectivity index (χ0v) is 12.0. The molecule has 0 aromatic rings. The topological polar surface area (TPSA) is 32.5 Å². The van der Waals surface area contributed by atoms with Gasteiger partial charge in [0.05, 0.1) is 0 Å². The Morgan fingerprint density at radius 1 is 1.00 bits per heavy atom. The van der Waals surface area contributed by atoms with E-state index in [1.165, 1.54) is 52.0 Å². The highest BCUT2D eigenvalue weighted by molar-refractivity contribution is 4.74. The van der Waals surface area contributed by atoms with E-state index in [0.717, 1.165) is 12.5 Å². The van der Waals surface area contributed by atoms with E-state index in [0.29, 0.717) is 6.04 Å². The average Bonchev–Trinajstić information content (AvgIpc) is 2.30. The molecule has 1 unspecified atom stereocenters. The summed E-state index contributed by atoms with van der Waals surface area (Å²) < 4.78 is 0. The summed E-state index contributed by atoms with van der Waals surface area (Å²) in [6.45, 7) is 14.0. The molecule has 0 bridgehead atoms. The predicted octanol–water partition coefficient (Wildman–Crippen LogP) is 1.78. The van der Waals surface area contributed by atoms with Gasteiger partial charge in [0.2, 0.25) is 0 Å². The van der Waals surface area contributed by atoms with E-state index in [1.807, 2.05) is 0 Å². The van der Waals surface area contributed by atoms with Gasteiger partial charge >= 0.3 is 0 Å². The largest absolute Gasteiger partial charge is 0.330 e. The Balaban J connectivity index is 2.06. The lowest BCUT2D eigenvalue weighted by Gasteiger charge is -2.37. The first-order chi connectivity index (χ1) is 8.13. The number of rotatable bonds is 7. The Morgan fingerprint density at radius 3 is 2.18 bits per heavy atom. The van der Waals surface area contributed by atoms with Crippen molar-refractivity contribution in [2.24, 2.45) is 11.7 Å². The SMILES string of the molecule is CC(CCN)CCCN1CCN(C(C)C)CC1. The standard InChI is InChI=1S/C14H31N3/c1-13(2)17-11-9-16(10-12-17)8-4-5-14(3)6-7-15/h13-14H,4-12,15H2,1-3H3. The van der Waals surface area contributed by atoms with Gasteiger partial charge in [-0.1, -0.05) is 6.92 Å². The zero-order valence-electron chi connectivity index (χ0n) is 12.0. The minimum absolute atomic E-state index is 0.710. The van der Waals surface area contributed by atoms with Crippen LogP contribution in [0.2, 0.25) is 0 Å². The van der Waals surface area contributed by atoms with Gasteiger partial charge in [-0.25, -0.2) is 0 Å². The van der Waals surface area contributed by atoms with Gasteiger partial charge in [0.1, 0.15) is 0 Å². The molecular formula is C14H31N3. The van der Waals surface area contributed by atoms with Crippen LogP contribution in [0.1, 0.15) is 40.0 Å². The maximum Gasteiger partial charge on any atom is 0.0113 e. The minimum Gasteiger partial charge on any atom is -0.330 e. The fraction of sp³-hybridized carbons (Fsp3) is 1.00. The van der Waals surface area contributed by atoms with Crippen LogP contribution in [0, 0.1) is 5.92 Å². The summed E-state index contributed by atoms with van der Waals surface area (Å²) in [7, 11) is 0. The third-order valence-corrected chi connectivity index (χ3v) is 3.97. The molecule has 1 aliphatic heterocycles. The lowest BCUT2D eigenvalue weighted by molar-refractivity contribution is 0.106. The van der Waals surface area contributed by atoms with Crippen molar-refractivity contribution < 1.29 is 0 Å². The zero-order chi connectivity index (χ0) is 12.7. The lowest BCUT2D eigenvalue weighted by Crippen LogP contribution is -2.48. The normalized spacial score (nSPS) is 21.0. The van der Waals surface area contributed by atoms with E-state index in [1.54, 1.807) is 0 Å². The van der Waals surface area contributed by atoms with E-state index < -0.39 is 0 Å². The van der Waals surface area contributed by atoms with Gasteiger partial charge in [0.15, 0.2) is 0 Å². The minimum atomic E-state index is 0.710. The van der Waals surface area contributed by atoms with Gasteiger partial charge in [-0.3, -0.25) is 4.90 Å². The summed E-state index contributed by atoms with van der Waals surface area (Å²) in [6.07, 6.45) is 3.85. The lowest BCUT2D eigenvalue weighted by atomic mass is 10.0. The first kappa shape index (κ1) is 14.9. The van der Waals surface area contributed by atoms with Crippen LogP contribution in [-0.4, -0.2) is 55.1 Å². The molecular weight excluding hydrogens is 210 g/mol. The second-order valence-corrected chi connectivity index (χ2v) is 5.80. The van der Waals surface area contributed by atoms with Crippen LogP contribution in [0.3, 0.4) is 0 Å². The van der Waals surface area contributed by atoms with Crippen LogP contribution in [0.25, 0.3) is 0 Å². The highest BCUT2D eigenvalue weighted by atomic mass is 15.3. The van der Waals surface area contributed by atoms with Crippen LogP contribution in [0.5, 0.6) is 0 Å². The quantitative estimate of drug-likeness (QED) is 0.737. The predicted molar refractivity (Wildman–Crippen MR) is 75.2 cm³/mol. The van der Waals surface area contributed by atoms with E-state index in [2.05, 4.69) is 30.6 Å². The molecule has 1 heterocycles. The number of hydrogen-bond donors (Lipinski definition) is 1. The number of piperazine rings is 1. The van der Waals surface area contributed by atoms with Crippen molar-refractivity contribution in [2.75, 3.05) is 39.3 Å². The summed E-state index contributed by atoms with van der Waals surface area (Å²) in [4.78, 5) is 5.20. The van der Waals surface area contributed by atoms with E-state index in [4.69, 9.17) is 5.73 Å². The Kier molecular flexibility index (Phi) is 7.09. The van der Waals surface area contributed by atoms with Crippen molar-refractivity contribution in [1.82, 2.24) is 9.80 Å². The highest BCUT2D eigenvalue weighted by Gasteiger charge is 2.18. The van der Waals surface area contributed by atoms with Crippen molar-refractivity contribution in [3.05, 3.63) is 0 Å². The first-order valence-electron chi connectivity index (χ1n) is 7.30. The number of nitrogens with zero attached hydrogens (tertiary/aromatic N) is 2. The summed E-state index contributed by atoms with van der Waals surface area (Å²) in [5.41, 5.74) is 5.57. The van der Waals surface area contributed by atoms with Crippen LogP contribution < -0.4 is 5.73 Å². The van der Waals surface area contributed by atoms with Crippen LogP contribution >= 0.6 is 0 Å². The maximum absolute atomic E-state index is 5.57. The molecule has 2 N–H and O–H groups in total. The van der Waals surface area contributed by atoms with E-state index in [9.17, 15) is 0 Å². The highest BCUT2D eigenvalue weighted by Crippen LogP contribution is 2.11. The summed E-state index contributed by atoms with van der Waals surface area (Å²) in [5, 5.41) is 0. The second kappa shape index (κ2) is 8.06. The Bertz CT molecular complexity index is 186. The molecule has 0 aromatic heterocycles. The van der Waals surface area contributed by atoms with Crippen molar-refractivity contribution in [3.63, 3.8) is 0 Å². The smallest absolute Gasteiger partial charge is 0.0113 e. The fourth-order valence-electron chi connectivity index (χ4n) is 2.60. The van der Waals surface area contributed by atoms with Gasteiger partial charge in [0, 0.05) is 32.2 Å². The van der Waals surface area contributed by atoms with Crippen molar-refractivity contribution in [1.29, 1.82) is 0 Å². The van der Waals surface area contributed by atoms with E-state index in [-0.39, 0.29) is 0 Å². The molecule has 1 aliphatic rings. The van der Waals surface area contributed by atoms with Gasteiger partial charge < -0.3 is 10.6 Å². The molecule has 1 rings (SSSR count). The summed E-state index contributed by atoms with van der Waals surface area (Å²) in [6, 6.07) is 0.710. The molecule has 1 atom stereocenters. The number of nitrogens with two attached hydrogens (primary N) is 1. The van der Waals surface area contributed by atoms with Gasteiger partial charge in [-0.2, -0.15) is 0 Å². The molecule has 102 valence electrons. The molecule has 0 aromatic carbocycles. The van der Waals surface area contributed by atoms with Gasteiger partial charge in [0.25, 0.3) is 0 Å². The summed E-state index contributed by atoms with van der Waals surface area (Å²) >= 11 is 0. The van der Waals surface area contributed by atoms with Crippen LogP contribution in [0.15, 0.2) is 0 Å².